The molecule has 3 rings (SSSR count). The van der Waals surface area contributed by atoms with Crippen molar-refractivity contribution in [2.24, 2.45) is 0 Å². The third-order valence-electron chi connectivity index (χ3n) is 4.12. The Morgan fingerprint density at radius 1 is 1.23 bits per heavy atom. The van der Waals surface area contributed by atoms with Gasteiger partial charge in [-0.25, -0.2) is 4.39 Å². The van der Waals surface area contributed by atoms with Crippen molar-refractivity contribution in [3.8, 4) is 22.9 Å². The first-order chi connectivity index (χ1) is 14.5. The molecule has 9 heteroatoms. The van der Waals surface area contributed by atoms with Crippen LogP contribution >= 0.6 is 11.8 Å². The van der Waals surface area contributed by atoms with Crippen LogP contribution < -0.4 is 14.8 Å². The van der Waals surface area contributed by atoms with E-state index in [4.69, 9.17) is 9.47 Å². The number of halogens is 1. The minimum Gasteiger partial charge on any atom is -0.497 e. The van der Waals surface area contributed by atoms with Crippen molar-refractivity contribution < 1.29 is 18.7 Å². The number of nitrogens with zero attached hydrogens (tertiary/aromatic N) is 3. The summed E-state index contributed by atoms with van der Waals surface area (Å²) in [4.78, 5) is 12.5. The number of hydrogen-bond acceptors (Lipinski definition) is 6. The van der Waals surface area contributed by atoms with E-state index in [1.165, 1.54) is 31.0 Å². The van der Waals surface area contributed by atoms with Gasteiger partial charge in [-0.2, -0.15) is 0 Å². The van der Waals surface area contributed by atoms with Gasteiger partial charge in [-0.1, -0.05) is 30.0 Å². The van der Waals surface area contributed by atoms with Crippen LogP contribution in [0, 0.1) is 5.82 Å². The van der Waals surface area contributed by atoms with E-state index in [0.29, 0.717) is 40.3 Å². The molecular formula is C21H21FN4O3S. The minimum absolute atomic E-state index is 0.0960. The summed E-state index contributed by atoms with van der Waals surface area (Å²) in [7, 11) is 3.07. The summed E-state index contributed by atoms with van der Waals surface area (Å²) in [6.07, 6.45) is 1.69. The van der Waals surface area contributed by atoms with Gasteiger partial charge in [-0.3, -0.25) is 9.36 Å². The zero-order chi connectivity index (χ0) is 21.5. The second-order valence-electron chi connectivity index (χ2n) is 6.12. The number of thioether (sulfide) groups is 1. The van der Waals surface area contributed by atoms with Gasteiger partial charge in [0.2, 0.25) is 5.91 Å². The lowest BCUT2D eigenvalue weighted by atomic mass is 10.2. The molecule has 0 spiro atoms. The minimum atomic E-state index is -0.360. The lowest BCUT2D eigenvalue weighted by Crippen LogP contribution is -2.15. The van der Waals surface area contributed by atoms with Crippen molar-refractivity contribution in [2.75, 3.05) is 25.3 Å². The van der Waals surface area contributed by atoms with Crippen LogP contribution in [0.4, 0.5) is 10.1 Å². The molecule has 0 aliphatic rings. The summed E-state index contributed by atoms with van der Waals surface area (Å²) < 4.78 is 25.9. The number of anilines is 1. The lowest BCUT2D eigenvalue weighted by Gasteiger charge is -2.12. The van der Waals surface area contributed by atoms with Gasteiger partial charge < -0.3 is 14.8 Å². The number of nitrogens with one attached hydrogen (secondary N) is 1. The largest absolute Gasteiger partial charge is 0.497 e. The molecule has 0 aliphatic heterocycles. The highest BCUT2D eigenvalue weighted by atomic mass is 32.2. The molecular weight excluding hydrogens is 407 g/mol. The zero-order valence-electron chi connectivity index (χ0n) is 16.6. The zero-order valence-corrected chi connectivity index (χ0v) is 17.4. The molecule has 0 fully saturated rings. The predicted octanol–water partition coefficient (Wildman–Crippen LogP) is 4.02. The number of rotatable bonds is 9. The molecule has 1 amide bonds. The highest BCUT2D eigenvalue weighted by Crippen LogP contribution is 2.29. The Morgan fingerprint density at radius 3 is 2.77 bits per heavy atom. The Bertz CT molecular complexity index is 1050. The molecule has 1 aromatic heterocycles. The fraction of sp³-hybridized carbons (Fsp3) is 0.190. The summed E-state index contributed by atoms with van der Waals surface area (Å²) >= 11 is 1.22. The van der Waals surface area contributed by atoms with Crippen LogP contribution in [-0.4, -0.2) is 40.6 Å². The smallest absolute Gasteiger partial charge is 0.234 e. The Labute approximate surface area is 177 Å². The number of amides is 1. The number of carbonyl (C=O) groups is 1. The average molecular weight is 428 g/mol. The SMILES string of the molecule is C=CCn1c(SCC(=O)Nc2cc(OC)ccc2OC)nnc1-c1cccc(F)c1. The highest BCUT2D eigenvalue weighted by Gasteiger charge is 2.16. The van der Waals surface area contributed by atoms with Crippen LogP contribution in [0.2, 0.25) is 0 Å². The number of carbonyl (C=O) groups excluding carboxylic acids is 1. The average Bonchev–Trinajstić information content (AvgIpc) is 3.15. The molecule has 1 heterocycles. The fourth-order valence-electron chi connectivity index (χ4n) is 2.76. The molecule has 156 valence electrons. The fourth-order valence-corrected chi connectivity index (χ4v) is 3.51. The van der Waals surface area contributed by atoms with Crippen LogP contribution in [0.25, 0.3) is 11.4 Å². The lowest BCUT2D eigenvalue weighted by molar-refractivity contribution is -0.113. The first kappa shape index (κ1) is 21.4. The van der Waals surface area contributed by atoms with E-state index in [2.05, 4.69) is 22.1 Å². The van der Waals surface area contributed by atoms with Gasteiger partial charge in [-0.15, -0.1) is 16.8 Å². The van der Waals surface area contributed by atoms with E-state index >= 15 is 0 Å². The van der Waals surface area contributed by atoms with Crippen LogP contribution in [-0.2, 0) is 11.3 Å². The maximum atomic E-state index is 13.6. The van der Waals surface area contributed by atoms with Gasteiger partial charge >= 0.3 is 0 Å². The molecule has 0 atom stereocenters. The van der Waals surface area contributed by atoms with Crippen molar-refractivity contribution in [1.82, 2.24) is 14.8 Å². The standard InChI is InChI=1S/C21H21FN4O3S/c1-4-10-26-20(14-6-5-7-15(22)11-14)24-25-21(26)30-13-19(27)23-17-12-16(28-2)8-9-18(17)29-3/h4-9,11-12H,1,10,13H2,2-3H3,(H,23,27). The van der Waals surface area contributed by atoms with E-state index in [0.717, 1.165) is 0 Å². The van der Waals surface area contributed by atoms with Crippen molar-refractivity contribution >= 4 is 23.4 Å². The Kier molecular flexibility index (Phi) is 7.08. The van der Waals surface area contributed by atoms with Gasteiger partial charge in [-0.05, 0) is 24.3 Å². The first-order valence-electron chi connectivity index (χ1n) is 9.00. The number of benzene rings is 2. The summed E-state index contributed by atoms with van der Waals surface area (Å²) in [6, 6.07) is 11.3. The maximum absolute atomic E-state index is 13.6. The van der Waals surface area contributed by atoms with Crippen molar-refractivity contribution in [2.45, 2.75) is 11.7 Å². The van der Waals surface area contributed by atoms with Crippen LogP contribution in [0.5, 0.6) is 11.5 Å². The van der Waals surface area contributed by atoms with Gasteiger partial charge in [0.05, 0.1) is 25.7 Å². The summed E-state index contributed by atoms with van der Waals surface area (Å²) in [5.41, 5.74) is 1.11. The van der Waals surface area contributed by atoms with Gasteiger partial charge in [0, 0.05) is 18.2 Å². The molecule has 0 saturated carbocycles. The van der Waals surface area contributed by atoms with Gasteiger partial charge in [0.25, 0.3) is 0 Å². The molecule has 7 nitrogen and oxygen atoms in total. The molecule has 0 unspecified atom stereocenters. The van der Waals surface area contributed by atoms with Crippen LogP contribution in [0.3, 0.4) is 0 Å². The number of allylic oxidation sites excluding steroid dienone is 1. The Balaban J connectivity index is 1.74. The number of ether oxygens (including phenoxy) is 2. The van der Waals surface area contributed by atoms with E-state index in [1.807, 2.05) is 0 Å². The quantitative estimate of drug-likeness (QED) is 0.410. The molecule has 3 aromatic rings. The van der Waals surface area contributed by atoms with E-state index in [9.17, 15) is 9.18 Å². The predicted molar refractivity (Wildman–Crippen MR) is 115 cm³/mol. The summed E-state index contributed by atoms with van der Waals surface area (Å²) in [5, 5.41) is 11.7. The van der Waals surface area contributed by atoms with Gasteiger partial charge in [0.1, 0.15) is 17.3 Å². The van der Waals surface area contributed by atoms with Crippen LogP contribution in [0.15, 0.2) is 60.3 Å². The molecule has 2 aromatic carbocycles. The summed E-state index contributed by atoms with van der Waals surface area (Å²) in [6.45, 7) is 4.17. The van der Waals surface area contributed by atoms with Crippen LogP contribution in [0.1, 0.15) is 0 Å². The Morgan fingerprint density at radius 2 is 2.07 bits per heavy atom. The third-order valence-corrected chi connectivity index (χ3v) is 5.09. The molecule has 0 saturated heterocycles. The highest BCUT2D eigenvalue weighted by molar-refractivity contribution is 7.99. The van der Waals surface area contributed by atoms with E-state index in [-0.39, 0.29) is 17.5 Å². The number of aromatic nitrogens is 3. The molecule has 0 bridgehead atoms. The van der Waals surface area contributed by atoms with E-state index < -0.39 is 0 Å². The monoisotopic (exact) mass is 428 g/mol. The van der Waals surface area contributed by atoms with Crippen molar-refractivity contribution in [3.63, 3.8) is 0 Å². The number of hydrogen-bond donors (Lipinski definition) is 1. The Hall–Kier alpha value is -3.33. The van der Waals surface area contributed by atoms with Crippen molar-refractivity contribution in [3.05, 3.63) is 60.9 Å². The second-order valence-corrected chi connectivity index (χ2v) is 7.06. The normalized spacial score (nSPS) is 10.5. The number of methoxy groups -OCH3 is 2. The van der Waals surface area contributed by atoms with Gasteiger partial charge in [0.15, 0.2) is 11.0 Å². The third kappa shape index (κ3) is 4.98. The maximum Gasteiger partial charge on any atom is 0.234 e. The molecule has 0 aliphatic carbocycles. The van der Waals surface area contributed by atoms with E-state index in [1.54, 1.807) is 48.1 Å². The second kappa shape index (κ2) is 9.93. The molecule has 30 heavy (non-hydrogen) atoms. The van der Waals surface area contributed by atoms with Crippen molar-refractivity contribution in [1.29, 1.82) is 0 Å². The molecule has 0 radical (unpaired) electrons. The first-order valence-corrected chi connectivity index (χ1v) is 9.99. The molecule has 1 N–H and O–H groups in total. The topological polar surface area (TPSA) is 78.3 Å². The summed E-state index contributed by atoms with van der Waals surface area (Å²) in [5.74, 6) is 1.13.